The molecule has 1 unspecified atom stereocenters. The third-order valence-electron chi connectivity index (χ3n) is 1.86. The van der Waals surface area contributed by atoms with Gasteiger partial charge in [-0.1, -0.05) is 0 Å². The summed E-state index contributed by atoms with van der Waals surface area (Å²) in [5, 5.41) is 26.1. The minimum Gasteiger partial charge on any atom is -0.389 e. The van der Waals surface area contributed by atoms with Gasteiger partial charge in [-0.2, -0.15) is 4.68 Å². The standard InChI is InChI=1S/C6H8N4O3/c11-4-2-7-5-1-6(10(12)13)8-9(5)3-4/h1,4,7,11H,2-3H2. The lowest BCUT2D eigenvalue weighted by atomic mass is 10.3. The lowest BCUT2D eigenvalue weighted by molar-refractivity contribution is -0.389. The van der Waals surface area contributed by atoms with E-state index in [2.05, 4.69) is 10.4 Å². The normalized spacial score (nSPS) is 20.5. The first kappa shape index (κ1) is 7.99. The van der Waals surface area contributed by atoms with Gasteiger partial charge in [0.1, 0.15) is 0 Å². The number of anilines is 1. The molecule has 1 aromatic rings. The largest absolute Gasteiger partial charge is 0.392 e. The first-order valence-corrected chi connectivity index (χ1v) is 3.81. The van der Waals surface area contributed by atoms with E-state index in [9.17, 15) is 15.2 Å². The Morgan fingerprint density at radius 3 is 3.31 bits per heavy atom. The Bertz CT molecular complexity index is 348. The topological polar surface area (TPSA) is 93.2 Å². The van der Waals surface area contributed by atoms with E-state index < -0.39 is 11.0 Å². The van der Waals surface area contributed by atoms with Gasteiger partial charge in [-0.05, 0) is 4.92 Å². The van der Waals surface area contributed by atoms with Crippen LogP contribution in [-0.4, -0.2) is 32.5 Å². The fourth-order valence-electron chi connectivity index (χ4n) is 1.26. The maximum atomic E-state index is 10.3. The Kier molecular flexibility index (Phi) is 1.66. The molecule has 0 aliphatic carbocycles. The Balaban J connectivity index is 2.33. The molecule has 0 bridgehead atoms. The SMILES string of the molecule is O=[N+]([O-])c1cc2n(n1)CC(O)CN2. The van der Waals surface area contributed by atoms with Gasteiger partial charge in [-0.3, -0.25) is 0 Å². The van der Waals surface area contributed by atoms with E-state index >= 15 is 0 Å². The number of nitro groups is 1. The van der Waals surface area contributed by atoms with Crippen LogP contribution < -0.4 is 5.32 Å². The summed E-state index contributed by atoms with van der Waals surface area (Å²) in [6.07, 6.45) is -0.535. The number of nitrogens with zero attached hydrogens (tertiary/aromatic N) is 3. The molecule has 0 fully saturated rings. The number of aromatic nitrogens is 2. The second-order valence-electron chi connectivity index (χ2n) is 2.86. The van der Waals surface area contributed by atoms with Crippen molar-refractivity contribution in [3.63, 3.8) is 0 Å². The maximum absolute atomic E-state index is 10.3. The van der Waals surface area contributed by atoms with Gasteiger partial charge in [0.15, 0.2) is 5.82 Å². The van der Waals surface area contributed by atoms with Crippen molar-refractivity contribution < 1.29 is 10.0 Å². The number of rotatable bonds is 1. The van der Waals surface area contributed by atoms with Crippen LogP contribution in [0, 0.1) is 10.1 Å². The quantitative estimate of drug-likeness (QED) is 0.456. The number of aliphatic hydroxyl groups excluding tert-OH is 1. The monoisotopic (exact) mass is 184 g/mol. The van der Waals surface area contributed by atoms with Gasteiger partial charge in [0, 0.05) is 6.54 Å². The summed E-state index contributed by atoms with van der Waals surface area (Å²) in [4.78, 5) is 9.78. The van der Waals surface area contributed by atoms with Crippen LogP contribution in [-0.2, 0) is 6.54 Å². The number of hydrogen-bond acceptors (Lipinski definition) is 5. The van der Waals surface area contributed by atoms with Crippen molar-refractivity contribution >= 4 is 11.6 Å². The average Bonchev–Trinajstić information content (AvgIpc) is 2.46. The first-order chi connectivity index (χ1) is 6.16. The molecule has 2 rings (SSSR count). The van der Waals surface area contributed by atoms with E-state index in [1.165, 1.54) is 10.7 Å². The van der Waals surface area contributed by atoms with Gasteiger partial charge in [-0.15, -0.1) is 0 Å². The summed E-state index contributed by atoms with van der Waals surface area (Å²) < 4.78 is 1.40. The van der Waals surface area contributed by atoms with Gasteiger partial charge in [0.25, 0.3) is 0 Å². The van der Waals surface area contributed by atoms with Crippen molar-refractivity contribution in [2.45, 2.75) is 12.6 Å². The molecule has 0 saturated carbocycles. The minimum atomic E-state index is -0.556. The molecule has 1 aliphatic rings. The zero-order valence-corrected chi connectivity index (χ0v) is 6.67. The van der Waals surface area contributed by atoms with E-state index in [0.717, 1.165) is 0 Å². The Labute approximate surface area is 73.1 Å². The van der Waals surface area contributed by atoms with Crippen LogP contribution in [0.1, 0.15) is 0 Å². The fourth-order valence-corrected chi connectivity index (χ4v) is 1.26. The zero-order chi connectivity index (χ0) is 9.42. The van der Waals surface area contributed by atoms with Crippen LogP contribution in [0.5, 0.6) is 0 Å². The van der Waals surface area contributed by atoms with Crippen LogP contribution in [0.25, 0.3) is 0 Å². The highest BCUT2D eigenvalue weighted by Crippen LogP contribution is 2.19. The summed E-state index contributed by atoms with van der Waals surface area (Å²) >= 11 is 0. The highest BCUT2D eigenvalue weighted by Gasteiger charge is 2.23. The molecule has 2 heterocycles. The molecule has 0 aromatic carbocycles. The van der Waals surface area contributed by atoms with Crippen LogP contribution in [0.2, 0.25) is 0 Å². The number of hydrogen-bond donors (Lipinski definition) is 2. The molecular formula is C6H8N4O3. The lowest BCUT2D eigenvalue weighted by Crippen LogP contribution is -2.31. The third kappa shape index (κ3) is 1.33. The lowest BCUT2D eigenvalue weighted by Gasteiger charge is -2.17. The predicted molar refractivity (Wildman–Crippen MR) is 43.4 cm³/mol. The minimum absolute atomic E-state index is 0.198. The van der Waals surface area contributed by atoms with Gasteiger partial charge in [-0.25, -0.2) is 0 Å². The summed E-state index contributed by atoms with van der Waals surface area (Å²) in [7, 11) is 0. The van der Waals surface area contributed by atoms with Gasteiger partial charge < -0.3 is 20.5 Å². The van der Waals surface area contributed by atoms with Crippen LogP contribution >= 0.6 is 0 Å². The molecule has 0 radical (unpaired) electrons. The smallest absolute Gasteiger partial charge is 0.389 e. The summed E-state index contributed by atoms with van der Waals surface area (Å²) in [6, 6.07) is 1.35. The fraction of sp³-hybridized carbons (Fsp3) is 0.500. The molecule has 7 nitrogen and oxygen atoms in total. The van der Waals surface area contributed by atoms with E-state index in [0.29, 0.717) is 18.9 Å². The number of fused-ring (bicyclic) bond motifs is 1. The highest BCUT2D eigenvalue weighted by molar-refractivity contribution is 5.43. The van der Waals surface area contributed by atoms with Crippen molar-refractivity contribution in [2.75, 3.05) is 11.9 Å². The van der Waals surface area contributed by atoms with Crippen molar-refractivity contribution in [1.82, 2.24) is 9.78 Å². The predicted octanol–water partition coefficient (Wildman–Crippen LogP) is -0.422. The van der Waals surface area contributed by atoms with E-state index in [4.69, 9.17) is 0 Å². The molecule has 0 spiro atoms. The van der Waals surface area contributed by atoms with Crippen molar-refractivity contribution in [3.8, 4) is 0 Å². The number of aliphatic hydroxyl groups is 1. The second kappa shape index (κ2) is 2.70. The van der Waals surface area contributed by atoms with E-state index in [1.807, 2.05) is 0 Å². The summed E-state index contributed by atoms with van der Waals surface area (Å²) in [5.74, 6) is 0.383. The average molecular weight is 184 g/mol. The number of β-amino-alcohol motifs (C(OH)–C–C–N with tert-alkyl or cyclic N) is 1. The van der Waals surface area contributed by atoms with Gasteiger partial charge >= 0.3 is 5.82 Å². The Hall–Kier alpha value is -1.63. The van der Waals surface area contributed by atoms with Crippen LogP contribution in [0.15, 0.2) is 6.07 Å². The maximum Gasteiger partial charge on any atom is 0.392 e. The van der Waals surface area contributed by atoms with E-state index in [1.54, 1.807) is 0 Å². The zero-order valence-electron chi connectivity index (χ0n) is 6.67. The Morgan fingerprint density at radius 1 is 1.85 bits per heavy atom. The van der Waals surface area contributed by atoms with Crippen LogP contribution in [0.4, 0.5) is 11.6 Å². The molecule has 2 N–H and O–H groups in total. The molecule has 1 aliphatic heterocycles. The van der Waals surface area contributed by atoms with Crippen LogP contribution in [0.3, 0.4) is 0 Å². The molecule has 13 heavy (non-hydrogen) atoms. The van der Waals surface area contributed by atoms with Crippen molar-refractivity contribution in [3.05, 3.63) is 16.2 Å². The molecule has 7 heteroatoms. The van der Waals surface area contributed by atoms with E-state index in [-0.39, 0.29) is 5.82 Å². The molecule has 0 amide bonds. The van der Waals surface area contributed by atoms with Crippen molar-refractivity contribution in [1.29, 1.82) is 0 Å². The molecular weight excluding hydrogens is 176 g/mol. The molecule has 70 valence electrons. The number of nitrogens with one attached hydrogen (secondary N) is 1. The summed E-state index contributed by atoms with van der Waals surface area (Å²) in [5.41, 5.74) is 0. The molecule has 0 saturated heterocycles. The Morgan fingerprint density at radius 2 is 2.62 bits per heavy atom. The summed E-state index contributed by atoms with van der Waals surface area (Å²) in [6.45, 7) is 0.707. The second-order valence-corrected chi connectivity index (χ2v) is 2.86. The van der Waals surface area contributed by atoms with Gasteiger partial charge in [0.05, 0.1) is 23.8 Å². The first-order valence-electron chi connectivity index (χ1n) is 3.81. The third-order valence-corrected chi connectivity index (χ3v) is 1.86. The molecule has 1 atom stereocenters. The molecule has 1 aromatic heterocycles. The van der Waals surface area contributed by atoms with Gasteiger partial charge in [0.2, 0.25) is 0 Å². The van der Waals surface area contributed by atoms with Crippen molar-refractivity contribution in [2.24, 2.45) is 0 Å². The highest BCUT2D eigenvalue weighted by atomic mass is 16.6.